The Balaban J connectivity index is 1.76. The van der Waals surface area contributed by atoms with Crippen LogP contribution in [0.2, 0.25) is 0 Å². The number of pyridine rings is 2. The van der Waals surface area contributed by atoms with Gasteiger partial charge in [0.15, 0.2) is 6.23 Å². The number of ether oxygens (including phenoxy) is 2. The van der Waals surface area contributed by atoms with Crippen LogP contribution in [0.5, 0.6) is 5.75 Å². The van der Waals surface area contributed by atoms with Gasteiger partial charge in [-0.15, -0.1) is 0 Å². The van der Waals surface area contributed by atoms with Gasteiger partial charge in [0.05, 0.1) is 36.4 Å². The van der Waals surface area contributed by atoms with Crippen LogP contribution in [0.15, 0.2) is 36.9 Å². The molecule has 0 fully saturated rings. The Morgan fingerprint density at radius 2 is 2.00 bits per heavy atom. The van der Waals surface area contributed by atoms with E-state index in [-0.39, 0.29) is 5.91 Å². The number of hydrogen-bond acceptors (Lipinski definition) is 6. The maximum atomic E-state index is 13.2. The molecule has 30 heavy (non-hydrogen) atoms. The number of hydrogen-bond donors (Lipinski definition) is 0. The SMILES string of the molecule is COc1cncc(-c2cc(C)c3c(n2)C(OC)N(c2cnn(CC(F)F)c2)C3=O)c1. The maximum Gasteiger partial charge on any atom is 0.263 e. The van der Waals surface area contributed by atoms with Crippen molar-refractivity contribution in [1.82, 2.24) is 19.7 Å². The summed E-state index contributed by atoms with van der Waals surface area (Å²) in [6.07, 6.45) is 2.63. The van der Waals surface area contributed by atoms with Gasteiger partial charge in [0.25, 0.3) is 12.3 Å². The van der Waals surface area contributed by atoms with E-state index in [4.69, 9.17) is 9.47 Å². The van der Waals surface area contributed by atoms with E-state index in [0.717, 1.165) is 10.2 Å². The summed E-state index contributed by atoms with van der Waals surface area (Å²) in [5, 5.41) is 3.92. The Hall–Kier alpha value is -3.40. The van der Waals surface area contributed by atoms with Crippen molar-refractivity contribution in [2.24, 2.45) is 0 Å². The van der Waals surface area contributed by atoms with Crippen molar-refractivity contribution >= 4 is 11.6 Å². The highest BCUT2D eigenvalue weighted by Gasteiger charge is 2.41. The van der Waals surface area contributed by atoms with E-state index < -0.39 is 19.2 Å². The zero-order valence-corrected chi connectivity index (χ0v) is 16.5. The van der Waals surface area contributed by atoms with Crippen LogP contribution in [0.4, 0.5) is 14.5 Å². The molecule has 0 N–H and O–H groups in total. The van der Waals surface area contributed by atoms with Crippen LogP contribution in [0.25, 0.3) is 11.3 Å². The Labute approximate surface area is 171 Å². The van der Waals surface area contributed by atoms with Crippen molar-refractivity contribution in [1.29, 1.82) is 0 Å². The number of carbonyl (C=O) groups is 1. The number of methoxy groups -OCH3 is 2. The van der Waals surface area contributed by atoms with E-state index in [1.807, 2.05) is 6.92 Å². The smallest absolute Gasteiger partial charge is 0.263 e. The molecule has 1 amide bonds. The van der Waals surface area contributed by atoms with Crippen LogP contribution < -0.4 is 9.64 Å². The van der Waals surface area contributed by atoms with E-state index in [1.54, 1.807) is 31.6 Å². The summed E-state index contributed by atoms with van der Waals surface area (Å²) in [4.78, 5) is 23.3. The van der Waals surface area contributed by atoms with Crippen LogP contribution in [-0.2, 0) is 11.3 Å². The van der Waals surface area contributed by atoms with E-state index >= 15 is 0 Å². The summed E-state index contributed by atoms with van der Waals surface area (Å²) in [5.74, 6) is 0.258. The second-order valence-electron chi connectivity index (χ2n) is 6.77. The monoisotopic (exact) mass is 415 g/mol. The second-order valence-corrected chi connectivity index (χ2v) is 6.77. The van der Waals surface area contributed by atoms with Crippen molar-refractivity contribution in [3.05, 3.63) is 53.7 Å². The van der Waals surface area contributed by atoms with E-state index in [0.29, 0.717) is 34.0 Å². The quantitative estimate of drug-likeness (QED) is 0.615. The molecule has 10 heteroatoms. The summed E-state index contributed by atoms with van der Waals surface area (Å²) < 4.78 is 37.2. The number of halogens is 2. The zero-order valence-electron chi connectivity index (χ0n) is 16.5. The number of alkyl halides is 2. The number of anilines is 1. The third-order valence-electron chi connectivity index (χ3n) is 4.84. The number of fused-ring (bicyclic) bond motifs is 1. The molecule has 1 aliphatic rings. The number of carbonyl (C=O) groups excluding carboxylic acids is 1. The fourth-order valence-electron chi connectivity index (χ4n) is 3.51. The largest absolute Gasteiger partial charge is 0.495 e. The average molecular weight is 415 g/mol. The third-order valence-corrected chi connectivity index (χ3v) is 4.84. The molecule has 0 saturated carbocycles. The zero-order chi connectivity index (χ0) is 21.4. The fourth-order valence-corrected chi connectivity index (χ4v) is 3.51. The van der Waals surface area contributed by atoms with Crippen LogP contribution in [-0.4, -0.2) is 46.3 Å². The Kier molecular flexibility index (Phi) is 5.17. The molecule has 156 valence electrons. The lowest BCUT2D eigenvalue weighted by Gasteiger charge is -2.21. The predicted molar refractivity (Wildman–Crippen MR) is 104 cm³/mol. The third kappa shape index (κ3) is 3.39. The first-order valence-electron chi connectivity index (χ1n) is 9.10. The van der Waals surface area contributed by atoms with Crippen molar-refractivity contribution < 1.29 is 23.0 Å². The topological polar surface area (TPSA) is 82.4 Å². The molecule has 0 radical (unpaired) electrons. The first kappa shape index (κ1) is 19.9. The van der Waals surface area contributed by atoms with Gasteiger partial charge >= 0.3 is 0 Å². The molecule has 4 rings (SSSR count). The highest BCUT2D eigenvalue weighted by Crippen LogP contribution is 2.39. The van der Waals surface area contributed by atoms with Crippen LogP contribution >= 0.6 is 0 Å². The summed E-state index contributed by atoms with van der Waals surface area (Å²) in [6.45, 7) is 1.25. The predicted octanol–water partition coefficient (Wildman–Crippen LogP) is 3.23. The molecule has 1 aliphatic heterocycles. The molecule has 0 aromatic carbocycles. The van der Waals surface area contributed by atoms with Gasteiger partial charge in [0.1, 0.15) is 18.0 Å². The molecule has 0 saturated heterocycles. The van der Waals surface area contributed by atoms with Gasteiger partial charge in [-0.2, -0.15) is 5.10 Å². The first-order chi connectivity index (χ1) is 14.4. The van der Waals surface area contributed by atoms with Gasteiger partial charge in [0, 0.05) is 25.1 Å². The molecule has 0 aliphatic carbocycles. The summed E-state index contributed by atoms with van der Waals surface area (Å²) in [7, 11) is 3.01. The van der Waals surface area contributed by atoms with E-state index in [9.17, 15) is 13.6 Å². The Morgan fingerprint density at radius 3 is 2.70 bits per heavy atom. The van der Waals surface area contributed by atoms with Gasteiger partial charge in [-0.25, -0.2) is 13.8 Å². The van der Waals surface area contributed by atoms with Crippen LogP contribution in [0.3, 0.4) is 0 Å². The highest BCUT2D eigenvalue weighted by atomic mass is 19.3. The Bertz CT molecular complexity index is 1100. The molecule has 3 aromatic heterocycles. The van der Waals surface area contributed by atoms with Crippen LogP contribution in [0, 0.1) is 6.92 Å². The summed E-state index contributed by atoms with van der Waals surface area (Å²) >= 11 is 0. The number of rotatable bonds is 6. The minimum atomic E-state index is -2.55. The van der Waals surface area contributed by atoms with E-state index in [2.05, 4.69) is 15.1 Å². The number of aromatic nitrogens is 4. The van der Waals surface area contributed by atoms with Gasteiger partial charge in [-0.1, -0.05) is 0 Å². The second kappa shape index (κ2) is 7.79. The van der Waals surface area contributed by atoms with Crippen molar-refractivity contribution in [3.63, 3.8) is 0 Å². The molecular formula is C20H19F2N5O3. The van der Waals surface area contributed by atoms with Gasteiger partial charge < -0.3 is 9.47 Å². The summed E-state index contributed by atoms with van der Waals surface area (Å²) in [5.41, 5.74) is 3.28. The number of aryl methyl sites for hydroxylation is 1. The molecule has 3 aromatic rings. The van der Waals surface area contributed by atoms with Crippen LogP contribution in [0.1, 0.15) is 27.8 Å². The first-order valence-corrected chi connectivity index (χ1v) is 9.10. The molecule has 4 heterocycles. The van der Waals surface area contributed by atoms with Gasteiger partial charge in [-0.05, 0) is 24.6 Å². The fraction of sp³-hybridized carbons (Fsp3) is 0.300. The standard InChI is InChI=1S/C20H19F2N5O3/c1-11-4-15(12-5-14(29-2)8-23-6-12)25-18-17(11)19(28)27(20(18)30-3)13-7-24-26(9-13)10-16(21)22/h4-9,16,20H,10H2,1-3H3. The molecule has 8 nitrogen and oxygen atoms in total. The normalized spacial score (nSPS) is 15.7. The van der Waals surface area contributed by atoms with Crippen molar-refractivity contribution in [2.45, 2.75) is 26.1 Å². The van der Waals surface area contributed by atoms with Gasteiger partial charge in [0.2, 0.25) is 0 Å². The Morgan fingerprint density at radius 1 is 1.20 bits per heavy atom. The molecule has 0 spiro atoms. The minimum absolute atomic E-state index is 0.325. The molecule has 1 unspecified atom stereocenters. The average Bonchev–Trinajstić information content (AvgIpc) is 3.29. The lowest BCUT2D eigenvalue weighted by atomic mass is 10.0. The van der Waals surface area contributed by atoms with E-state index in [1.165, 1.54) is 24.4 Å². The molecular weight excluding hydrogens is 396 g/mol. The summed E-state index contributed by atoms with van der Waals surface area (Å²) in [6, 6.07) is 3.59. The maximum absolute atomic E-state index is 13.2. The number of nitrogens with zero attached hydrogens (tertiary/aromatic N) is 5. The highest BCUT2D eigenvalue weighted by molar-refractivity contribution is 6.11. The van der Waals surface area contributed by atoms with Crippen molar-refractivity contribution in [3.8, 4) is 17.0 Å². The van der Waals surface area contributed by atoms with Crippen molar-refractivity contribution in [2.75, 3.05) is 19.1 Å². The molecule has 1 atom stereocenters. The number of amides is 1. The lowest BCUT2D eigenvalue weighted by molar-refractivity contribution is 0.0813. The minimum Gasteiger partial charge on any atom is -0.495 e. The molecule has 0 bridgehead atoms. The lowest BCUT2D eigenvalue weighted by Crippen LogP contribution is -2.28. The van der Waals surface area contributed by atoms with Gasteiger partial charge in [-0.3, -0.25) is 19.4 Å².